The summed E-state index contributed by atoms with van der Waals surface area (Å²) in [6.45, 7) is 9.21. The van der Waals surface area contributed by atoms with E-state index in [1.165, 1.54) is 24.9 Å². The van der Waals surface area contributed by atoms with Crippen molar-refractivity contribution in [2.24, 2.45) is 11.7 Å². The van der Waals surface area contributed by atoms with Crippen molar-refractivity contribution in [1.82, 2.24) is 4.90 Å². The molecule has 112 valence electrons. The molecule has 1 aromatic carbocycles. The minimum atomic E-state index is 0.204. The summed E-state index contributed by atoms with van der Waals surface area (Å²) in [5.41, 5.74) is 7.32. The molecule has 3 heteroatoms. The molecule has 2 rings (SSSR count). The van der Waals surface area contributed by atoms with E-state index in [2.05, 4.69) is 43.9 Å². The van der Waals surface area contributed by atoms with Crippen LogP contribution in [0.1, 0.15) is 45.2 Å². The highest BCUT2D eigenvalue weighted by molar-refractivity contribution is 5.31. The lowest BCUT2D eigenvalue weighted by atomic mass is 10.0. The van der Waals surface area contributed by atoms with Gasteiger partial charge in [0.2, 0.25) is 0 Å². The lowest BCUT2D eigenvalue weighted by Gasteiger charge is -2.30. The minimum absolute atomic E-state index is 0.204. The Hall–Kier alpha value is -1.06. The van der Waals surface area contributed by atoms with Crippen molar-refractivity contribution in [2.75, 3.05) is 19.6 Å². The molecule has 20 heavy (non-hydrogen) atoms. The van der Waals surface area contributed by atoms with Crippen LogP contribution in [0, 0.1) is 5.92 Å². The summed E-state index contributed by atoms with van der Waals surface area (Å²) in [5, 5.41) is 0. The fourth-order valence-corrected chi connectivity index (χ4v) is 2.67. The third kappa shape index (κ3) is 4.22. The van der Waals surface area contributed by atoms with Gasteiger partial charge >= 0.3 is 0 Å². The monoisotopic (exact) mass is 276 g/mol. The predicted molar refractivity (Wildman–Crippen MR) is 84.0 cm³/mol. The van der Waals surface area contributed by atoms with Crippen LogP contribution in [-0.2, 0) is 0 Å². The van der Waals surface area contributed by atoms with E-state index in [-0.39, 0.29) is 6.10 Å². The molecule has 0 heterocycles. The molecule has 0 radical (unpaired) electrons. The molecular weight excluding hydrogens is 248 g/mol. The second-order valence-corrected chi connectivity index (χ2v) is 6.02. The SMILES string of the molecule is CCN(CC1CC1)C(CN)c1cccc(OC(C)C)c1. The van der Waals surface area contributed by atoms with Gasteiger partial charge in [0.25, 0.3) is 0 Å². The Morgan fingerprint density at radius 3 is 2.65 bits per heavy atom. The molecule has 0 saturated heterocycles. The Labute approximate surface area is 123 Å². The van der Waals surface area contributed by atoms with Gasteiger partial charge in [0, 0.05) is 19.1 Å². The third-order valence-corrected chi connectivity index (χ3v) is 3.87. The van der Waals surface area contributed by atoms with Gasteiger partial charge in [-0.25, -0.2) is 0 Å². The van der Waals surface area contributed by atoms with E-state index >= 15 is 0 Å². The summed E-state index contributed by atoms with van der Waals surface area (Å²) >= 11 is 0. The molecule has 0 aliphatic heterocycles. The molecular formula is C17H28N2O. The summed E-state index contributed by atoms with van der Waals surface area (Å²) in [6.07, 6.45) is 2.96. The normalized spacial score (nSPS) is 16.7. The molecule has 2 N–H and O–H groups in total. The number of ether oxygens (including phenoxy) is 1. The van der Waals surface area contributed by atoms with E-state index in [4.69, 9.17) is 10.5 Å². The predicted octanol–water partition coefficient (Wildman–Crippen LogP) is 3.21. The lowest BCUT2D eigenvalue weighted by molar-refractivity contribution is 0.202. The summed E-state index contributed by atoms with van der Waals surface area (Å²) in [4.78, 5) is 2.51. The molecule has 1 aliphatic rings. The summed E-state index contributed by atoms with van der Waals surface area (Å²) in [6, 6.07) is 8.71. The second kappa shape index (κ2) is 7.09. The highest BCUT2D eigenvalue weighted by Crippen LogP contribution is 2.33. The maximum absolute atomic E-state index is 6.05. The zero-order chi connectivity index (χ0) is 14.5. The first-order valence-electron chi connectivity index (χ1n) is 7.84. The Kier molecular flexibility index (Phi) is 5.44. The van der Waals surface area contributed by atoms with E-state index in [9.17, 15) is 0 Å². The fourth-order valence-electron chi connectivity index (χ4n) is 2.67. The molecule has 0 spiro atoms. The molecule has 3 nitrogen and oxygen atoms in total. The Morgan fingerprint density at radius 2 is 2.10 bits per heavy atom. The number of likely N-dealkylation sites (N-methyl/N-ethyl adjacent to an activating group) is 1. The van der Waals surface area contributed by atoms with E-state index in [1.54, 1.807) is 0 Å². The van der Waals surface area contributed by atoms with Gasteiger partial charge in [0.1, 0.15) is 5.75 Å². The van der Waals surface area contributed by atoms with Crippen LogP contribution in [0.3, 0.4) is 0 Å². The standard InChI is InChI=1S/C17H28N2O/c1-4-19(12-14-8-9-14)17(11-18)15-6-5-7-16(10-15)20-13(2)3/h5-7,10,13-14,17H,4,8-9,11-12,18H2,1-3H3. The van der Waals surface area contributed by atoms with Crippen molar-refractivity contribution in [3.63, 3.8) is 0 Å². The first-order chi connectivity index (χ1) is 9.63. The van der Waals surface area contributed by atoms with E-state index < -0.39 is 0 Å². The number of hydrogen-bond donors (Lipinski definition) is 1. The van der Waals surface area contributed by atoms with Gasteiger partial charge < -0.3 is 10.5 Å². The Bertz CT molecular complexity index is 415. The first-order valence-corrected chi connectivity index (χ1v) is 7.84. The van der Waals surface area contributed by atoms with Crippen LogP contribution in [-0.4, -0.2) is 30.6 Å². The average Bonchev–Trinajstić information content (AvgIpc) is 3.22. The number of hydrogen-bond acceptors (Lipinski definition) is 3. The fraction of sp³-hybridized carbons (Fsp3) is 0.647. The third-order valence-electron chi connectivity index (χ3n) is 3.87. The van der Waals surface area contributed by atoms with Crippen molar-refractivity contribution >= 4 is 0 Å². The van der Waals surface area contributed by atoms with Gasteiger partial charge in [0.05, 0.1) is 6.10 Å². The topological polar surface area (TPSA) is 38.5 Å². The smallest absolute Gasteiger partial charge is 0.120 e. The van der Waals surface area contributed by atoms with Crippen LogP contribution in [0.5, 0.6) is 5.75 Å². The van der Waals surface area contributed by atoms with Crippen molar-refractivity contribution in [2.45, 2.75) is 45.8 Å². The molecule has 1 aliphatic carbocycles. The van der Waals surface area contributed by atoms with Gasteiger partial charge in [-0.2, -0.15) is 0 Å². The van der Waals surface area contributed by atoms with Crippen LogP contribution in [0.2, 0.25) is 0 Å². The Balaban J connectivity index is 2.12. The van der Waals surface area contributed by atoms with Crippen LogP contribution < -0.4 is 10.5 Å². The lowest BCUT2D eigenvalue weighted by Crippen LogP contribution is -2.35. The van der Waals surface area contributed by atoms with Gasteiger partial charge in [0.15, 0.2) is 0 Å². The highest BCUT2D eigenvalue weighted by atomic mass is 16.5. The zero-order valence-corrected chi connectivity index (χ0v) is 13.0. The van der Waals surface area contributed by atoms with E-state index in [1.807, 2.05) is 6.07 Å². The minimum Gasteiger partial charge on any atom is -0.491 e. The average molecular weight is 276 g/mol. The zero-order valence-electron chi connectivity index (χ0n) is 13.0. The van der Waals surface area contributed by atoms with Gasteiger partial charge in [-0.1, -0.05) is 19.1 Å². The number of nitrogens with two attached hydrogens (primary N) is 1. The van der Waals surface area contributed by atoms with Gasteiger partial charge in [-0.05, 0) is 56.8 Å². The van der Waals surface area contributed by atoms with Crippen molar-refractivity contribution in [3.05, 3.63) is 29.8 Å². The number of benzene rings is 1. The molecule has 1 unspecified atom stereocenters. The van der Waals surface area contributed by atoms with Crippen LogP contribution >= 0.6 is 0 Å². The van der Waals surface area contributed by atoms with E-state index in [0.717, 1.165) is 18.2 Å². The van der Waals surface area contributed by atoms with E-state index in [0.29, 0.717) is 12.6 Å². The second-order valence-electron chi connectivity index (χ2n) is 6.02. The molecule has 1 aromatic rings. The van der Waals surface area contributed by atoms with Crippen LogP contribution in [0.4, 0.5) is 0 Å². The van der Waals surface area contributed by atoms with Crippen molar-refractivity contribution in [3.8, 4) is 5.75 Å². The quantitative estimate of drug-likeness (QED) is 0.792. The maximum Gasteiger partial charge on any atom is 0.120 e. The highest BCUT2D eigenvalue weighted by Gasteiger charge is 2.27. The molecule has 1 atom stereocenters. The first kappa shape index (κ1) is 15.3. The molecule has 0 bridgehead atoms. The number of rotatable bonds is 8. The van der Waals surface area contributed by atoms with Crippen molar-refractivity contribution in [1.29, 1.82) is 0 Å². The summed E-state index contributed by atoms with van der Waals surface area (Å²) < 4.78 is 5.80. The van der Waals surface area contributed by atoms with Crippen molar-refractivity contribution < 1.29 is 4.74 Å². The van der Waals surface area contributed by atoms with Crippen LogP contribution in [0.15, 0.2) is 24.3 Å². The molecule has 1 fully saturated rings. The summed E-state index contributed by atoms with van der Waals surface area (Å²) in [5.74, 6) is 1.83. The van der Waals surface area contributed by atoms with Crippen LogP contribution in [0.25, 0.3) is 0 Å². The van der Waals surface area contributed by atoms with Gasteiger partial charge in [-0.3, -0.25) is 4.90 Å². The molecule has 0 aromatic heterocycles. The Morgan fingerprint density at radius 1 is 1.35 bits per heavy atom. The van der Waals surface area contributed by atoms with Gasteiger partial charge in [-0.15, -0.1) is 0 Å². The summed E-state index contributed by atoms with van der Waals surface area (Å²) in [7, 11) is 0. The largest absolute Gasteiger partial charge is 0.491 e. The molecule has 1 saturated carbocycles. The maximum atomic E-state index is 6.05. The number of nitrogens with zero attached hydrogens (tertiary/aromatic N) is 1. The molecule has 0 amide bonds.